The van der Waals surface area contributed by atoms with Crippen molar-refractivity contribution in [2.45, 2.75) is 6.92 Å². The van der Waals surface area contributed by atoms with Gasteiger partial charge in [0.2, 0.25) is 0 Å². The fourth-order valence-electron chi connectivity index (χ4n) is 1.69. The van der Waals surface area contributed by atoms with Crippen LogP contribution in [0, 0.1) is 10.5 Å². The highest BCUT2D eigenvalue weighted by Gasteiger charge is 2.21. The number of rotatable bonds is 1. The molecule has 1 aromatic rings. The summed E-state index contributed by atoms with van der Waals surface area (Å²) in [7, 11) is 0. The Morgan fingerprint density at radius 2 is 2.27 bits per heavy atom. The number of carbonyl (C=O) groups excluding carboxylic acids is 1. The van der Waals surface area contributed by atoms with Crippen LogP contribution in [-0.2, 0) is 9.53 Å². The average Bonchev–Trinajstić information content (AvgIpc) is 2.20. The molecule has 0 spiro atoms. The number of ether oxygens (including phenoxy) is 1. The molecule has 1 amide bonds. The lowest BCUT2D eigenvalue weighted by atomic mass is 10.1. The Morgan fingerprint density at radius 3 is 2.93 bits per heavy atom. The number of halogens is 1. The van der Waals surface area contributed by atoms with Crippen LogP contribution in [0.2, 0.25) is 0 Å². The van der Waals surface area contributed by atoms with Gasteiger partial charge >= 0.3 is 0 Å². The van der Waals surface area contributed by atoms with E-state index < -0.39 is 0 Å². The molecule has 15 heavy (non-hydrogen) atoms. The Labute approximate surface area is 103 Å². The number of aryl methyl sites for hydroxylation is 1. The summed E-state index contributed by atoms with van der Waals surface area (Å²) < 4.78 is 6.29. The maximum Gasteiger partial charge on any atom is 0.253 e. The Morgan fingerprint density at radius 1 is 1.47 bits per heavy atom. The van der Waals surface area contributed by atoms with Crippen molar-refractivity contribution >= 4 is 34.2 Å². The molecule has 3 nitrogen and oxygen atoms in total. The van der Waals surface area contributed by atoms with E-state index >= 15 is 0 Å². The SMILES string of the molecule is Cc1cc(I)ccc1N1CCOCC1=O. The fourth-order valence-corrected chi connectivity index (χ4v) is 2.34. The molecule has 1 saturated heterocycles. The number of morpholine rings is 1. The number of amides is 1. The monoisotopic (exact) mass is 317 g/mol. The molecule has 0 atom stereocenters. The van der Waals surface area contributed by atoms with Crippen LogP contribution in [0.1, 0.15) is 5.56 Å². The van der Waals surface area contributed by atoms with Gasteiger partial charge in [-0.1, -0.05) is 0 Å². The van der Waals surface area contributed by atoms with Gasteiger partial charge in [-0.25, -0.2) is 0 Å². The van der Waals surface area contributed by atoms with Gasteiger partial charge in [-0.15, -0.1) is 0 Å². The molecular formula is C11H12INO2. The van der Waals surface area contributed by atoms with Crippen molar-refractivity contribution in [1.29, 1.82) is 0 Å². The van der Waals surface area contributed by atoms with Gasteiger partial charge in [-0.2, -0.15) is 0 Å². The Kier molecular flexibility index (Phi) is 3.25. The molecular weight excluding hydrogens is 305 g/mol. The summed E-state index contributed by atoms with van der Waals surface area (Å²) in [6.45, 7) is 3.50. The minimum atomic E-state index is 0.0468. The van der Waals surface area contributed by atoms with E-state index in [1.807, 2.05) is 19.1 Å². The van der Waals surface area contributed by atoms with E-state index in [9.17, 15) is 4.79 Å². The lowest BCUT2D eigenvalue weighted by Gasteiger charge is -2.28. The van der Waals surface area contributed by atoms with Gasteiger partial charge in [0.15, 0.2) is 0 Å². The van der Waals surface area contributed by atoms with Crippen molar-refractivity contribution in [3.05, 3.63) is 27.3 Å². The summed E-state index contributed by atoms with van der Waals surface area (Å²) in [5.41, 5.74) is 2.14. The highest BCUT2D eigenvalue weighted by Crippen LogP contribution is 2.23. The van der Waals surface area contributed by atoms with Gasteiger partial charge in [0.25, 0.3) is 5.91 Å². The first-order chi connectivity index (χ1) is 7.18. The van der Waals surface area contributed by atoms with Gasteiger partial charge in [0.1, 0.15) is 6.61 Å². The van der Waals surface area contributed by atoms with Crippen molar-refractivity contribution in [3.63, 3.8) is 0 Å². The summed E-state index contributed by atoms with van der Waals surface area (Å²) in [5, 5.41) is 0. The minimum Gasteiger partial charge on any atom is -0.370 e. The normalized spacial score (nSPS) is 16.9. The number of hydrogen-bond acceptors (Lipinski definition) is 2. The van der Waals surface area contributed by atoms with Crippen LogP contribution < -0.4 is 4.90 Å². The van der Waals surface area contributed by atoms with E-state index in [1.54, 1.807) is 4.90 Å². The van der Waals surface area contributed by atoms with Crippen molar-refractivity contribution in [3.8, 4) is 0 Å². The Balaban J connectivity index is 2.31. The van der Waals surface area contributed by atoms with Crippen molar-refractivity contribution in [2.75, 3.05) is 24.7 Å². The Bertz CT molecular complexity index is 392. The highest BCUT2D eigenvalue weighted by molar-refractivity contribution is 14.1. The third-order valence-corrected chi connectivity index (χ3v) is 3.11. The summed E-state index contributed by atoms with van der Waals surface area (Å²) in [6.07, 6.45) is 0. The van der Waals surface area contributed by atoms with Crippen molar-refractivity contribution < 1.29 is 9.53 Å². The molecule has 0 aromatic heterocycles. The molecule has 2 rings (SSSR count). The number of anilines is 1. The van der Waals surface area contributed by atoms with Gasteiger partial charge in [-0.05, 0) is 53.3 Å². The zero-order valence-corrected chi connectivity index (χ0v) is 10.7. The van der Waals surface area contributed by atoms with Crippen molar-refractivity contribution in [2.24, 2.45) is 0 Å². The first kappa shape index (κ1) is 10.9. The quantitative estimate of drug-likeness (QED) is 0.741. The molecule has 0 N–H and O–H groups in total. The summed E-state index contributed by atoms with van der Waals surface area (Å²) in [4.78, 5) is 13.4. The van der Waals surface area contributed by atoms with Crippen LogP contribution in [0.5, 0.6) is 0 Å². The number of benzene rings is 1. The standard InChI is InChI=1S/C11H12INO2/c1-8-6-9(12)2-3-10(8)13-4-5-15-7-11(13)14/h2-3,6H,4-5,7H2,1H3. The topological polar surface area (TPSA) is 29.5 Å². The first-order valence-electron chi connectivity index (χ1n) is 4.83. The maximum atomic E-state index is 11.6. The molecule has 1 fully saturated rings. The van der Waals surface area contributed by atoms with Crippen LogP contribution in [0.25, 0.3) is 0 Å². The highest BCUT2D eigenvalue weighted by atomic mass is 127. The maximum absolute atomic E-state index is 11.6. The van der Waals surface area contributed by atoms with Crippen LogP contribution in [-0.4, -0.2) is 25.7 Å². The van der Waals surface area contributed by atoms with E-state index in [4.69, 9.17) is 4.74 Å². The van der Waals surface area contributed by atoms with Crippen LogP contribution >= 0.6 is 22.6 Å². The van der Waals surface area contributed by atoms with E-state index in [2.05, 4.69) is 28.7 Å². The second-order valence-electron chi connectivity index (χ2n) is 3.53. The molecule has 1 aliphatic heterocycles. The van der Waals surface area contributed by atoms with Crippen molar-refractivity contribution in [1.82, 2.24) is 0 Å². The lowest BCUT2D eigenvalue weighted by Crippen LogP contribution is -2.42. The second kappa shape index (κ2) is 4.49. The smallest absolute Gasteiger partial charge is 0.253 e. The first-order valence-corrected chi connectivity index (χ1v) is 5.90. The van der Waals surface area contributed by atoms with E-state index in [0.717, 1.165) is 11.3 Å². The van der Waals surface area contributed by atoms with Gasteiger partial charge in [0, 0.05) is 15.8 Å². The molecule has 0 radical (unpaired) electrons. The molecule has 0 unspecified atom stereocenters. The fraction of sp³-hybridized carbons (Fsp3) is 0.364. The van der Waals surface area contributed by atoms with Crippen LogP contribution in [0.3, 0.4) is 0 Å². The largest absolute Gasteiger partial charge is 0.370 e. The summed E-state index contributed by atoms with van der Waals surface area (Å²) >= 11 is 2.27. The van der Waals surface area contributed by atoms with Gasteiger partial charge in [-0.3, -0.25) is 4.79 Å². The molecule has 0 saturated carbocycles. The average molecular weight is 317 g/mol. The third kappa shape index (κ3) is 2.31. The predicted octanol–water partition coefficient (Wildman–Crippen LogP) is 1.96. The molecule has 1 aromatic carbocycles. The van der Waals surface area contributed by atoms with Gasteiger partial charge < -0.3 is 9.64 Å². The second-order valence-corrected chi connectivity index (χ2v) is 4.77. The third-order valence-electron chi connectivity index (χ3n) is 2.44. The minimum absolute atomic E-state index is 0.0468. The molecule has 1 aliphatic rings. The van der Waals surface area contributed by atoms with E-state index in [1.165, 1.54) is 3.57 Å². The lowest BCUT2D eigenvalue weighted by molar-refractivity contribution is -0.125. The van der Waals surface area contributed by atoms with E-state index in [-0.39, 0.29) is 12.5 Å². The van der Waals surface area contributed by atoms with Gasteiger partial charge in [0.05, 0.1) is 6.61 Å². The summed E-state index contributed by atoms with van der Waals surface area (Å²) in [5.74, 6) is 0.0468. The number of carbonyl (C=O) groups is 1. The number of hydrogen-bond donors (Lipinski definition) is 0. The van der Waals surface area contributed by atoms with E-state index in [0.29, 0.717) is 13.2 Å². The number of nitrogens with zero attached hydrogens (tertiary/aromatic N) is 1. The Hall–Kier alpha value is -0.620. The predicted molar refractivity (Wildman–Crippen MR) is 67.1 cm³/mol. The zero-order valence-electron chi connectivity index (χ0n) is 8.50. The molecule has 80 valence electrons. The molecule has 1 heterocycles. The molecule has 0 aliphatic carbocycles. The van der Waals surface area contributed by atoms with Crippen LogP contribution in [0.15, 0.2) is 18.2 Å². The molecule has 4 heteroatoms. The molecule has 0 bridgehead atoms. The van der Waals surface area contributed by atoms with Crippen LogP contribution in [0.4, 0.5) is 5.69 Å². The zero-order chi connectivity index (χ0) is 10.8. The summed E-state index contributed by atoms with van der Waals surface area (Å²) in [6, 6.07) is 6.10.